The van der Waals surface area contributed by atoms with Crippen LogP contribution in [0.3, 0.4) is 0 Å². The number of hydrazine groups is 1. The summed E-state index contributed by atoms with van der Waals surface area (Å²) >= 11 is 0. The van der Waals surface area contributed by atoms with Gasteiger partial charge in [-0.3, -0.25) is 15.0 Å². The van der Waals surface area contributed by atoms with E-state index in [-0.39, 0.29) is 5.91 Å². The van der Waals surface area contributed by atoms with E-state index in [9.17, 15) is 9.59 Å². The lowest BCUT2D eigenvalue weighted by molar-refractivity contribution is 0.0932. The van der Waals surface area contributed by atoms with Crippen LogP contribution >= 0.6 is 0 Å². The van der Waals surface area contributed by atoms with E-state index < -0.39 is 5.91 Å². The van der Waals surface area contributed by atoms with E-state index in [4.69, 9.17) is 5.73 Å². The second-order valence-electron chi connectivity index (χ2n) is 9.52. The van der Waals surface area contributed by atoms with Crippen molar-refractivity contribution in [1.82, 2.24) is 10.9 Å². The molecule has 0 aromatic heterocycles. The lowest BCUT2D eigenvalue weighted by atomic mass is 9.98. The average Bonchev–Trinajstić information content (AvgIpc) is 2.87. The van der Waals surface area contributed by atoms with Crippen LogP contribution in [0.4, 0.5) is 0 Å². The Bertz CT molecular complexity index is 864. The fraction of sp³-hybridized carbons (Fsp3) is 0.533. The Kier molecular flexibility index (Phi) is 14.5. The van der Waals surface area contributed by atoms with Crippen molar-refractivity contribution in [2.45, 2.75) is 96.8 Å². The molecule has 0 aliphatic heterocycles. The topological polar surface area (TPSA) is 84.2 Å². The van der Waals surface area contributed by atoms with Gasteiger partial charge in [0.25, 0.3) is 5.91 Å². The minimum absolute atomic E-state index is 0.135. The second kappa shape index (κ2) is 17.7. The summed E-state index contributed by atoms with van der Waals surface area (Å²) in [5.41, 5.74) is 14.3. The predicted octanol–water partition coefficient (Wildman–Crippen LogP) is 6.70. The van der Waals surface area contributed by atoms with Crippen molar-refractivity contribution in [3.8, 4) is 0 Å². The lowest BCUT2D eigenvalue weighted by Gasteiger charge is -2.09. The highest BCUT2D eigenvalue weighted by Crippen LogP contribution is 2.15. The molecule has 4 N–H and O–H groups in total. The third kappa shape index (κ3) is 12.0. The van der Waals surface area contributed by atoms with E-state index in [1.165, 1.54) is 77.0 Å². The Balaban J connectivity index is 1.51. The van der Waals surface area contributed by atoms with Gasteiger partial charge in [0.05, 0.1) is 0 Å². The molecule has 0 saturated carbocycles. The number of benzene rings is 2. The first kappa shape index (κ1) is 28.6. The highest BCUT2D eigenvalue weighted by atomic mass is 16.2. The Morgan fingerprint density at radius 3 is 1.83 bits per heavy atom. The van der Waals surface area contributed by atoms with E-state index >= 15 is 0 Å². The van der Waals surface area contributed by atoms with Crippen LogP contribution < -0.4 is 16.6 Å². The number of hydrogen-bond donors (Lipinski definition) is 3. The number of carbonyl (C=O) groups is 2. The molecular weight excluding hydrogens is 434 g/mol. The first-order valence-corrected chi connectivity index (χ1v) is 13.6. The van der Waals surface area contributed by atoms with E-state index in [0.717, 1.165) is 24.1 Å². The largest absolute Gasteiger partial charge is 0.366 e. The molecule has 2 rings (SSSR count). The normalized spacial score (nSPS) is 10.9. The molecule has 0 aliphatic rings. The number of rotatable bonds is 19. The summed E-state index contributed by atoms with van der Waals surface area (Å²) in [4.78, 5) is 24.0. The zero-order chi connectivity index (χ0) is 25.1. The molecule has 0 atom stereocenters. The maximum atomic E-state index is 12.4. The van der Waals surface area contributed by atoms with Crippen LogP contribution in [0, 0.1) is 0 Å². The predicted molar refractivity (Wildman–Crippen MR) is 145 cm³/mol. The molecule has 2 aromatic carbocycles. The van der Waals surface area contributed by atoms with Crippen LogP contribution in [0.1, 0.15) is 122 Å². The van der Waals surface area contributed by atoms with Crippen molar-refractivity contribution in [3.05, 3.63) is 70.8 Å². The molecule has 192 valence electrons. The van der Waals surface area contributed by atoms with Crippen LogP contribution in [0.2, 0.25) is 0 Å². The van der Waals surface area contributed by atoms with Gasteiger partial charge in [-0.2, -0.15) is 0 Å². The summed E-state index contributed by atoms with van der Waals surface area (Å²) in [6.45, 7) is 3.05. The van der Waals surface area contributed by atoms with Crippen molar-refractivity contribution in [2.75, 3.05) is 6.54 Å². The van der Waals surface area contributed by atoms with Gasteiger partial charge >= 0.3 is 0 Å². The summed E-state index contributed by atoms with van der Waals surface area (Å²) < 4.78 is 0. The summed E-state index contributed by atoms with van der Waals surface area (Å²) in [6, 6.07) is 14.8. The summed E-state index contributed by atoms with van der Waals surface area (Å²) in [6.07, 6.45) is 17.9. The number of hydrogen-bond acceptors (Lipinski definition) is 3. The number of nitrogens with one attached hydrogen (secondary N) is 2. The first-order valence-electron chi connectivity index (χ1n) is 13.6. The molecule has 0 bridgehead atoms. The van der Waals surface area contributed by atoms with Crippen LogP contribution in [0.5, 0.6) is 0 Å². The zero-order valence-electron chi connectivity index (χ0n) is 21.6. The van der Waals surface area contributed by atoms with Crippen molar-refractivity contribution in [2.24, 2.45) is 5.73 Å². The smallest absolute Gasteiger partial charge is 0.265 e. The van der Waals surface area contributed by atoms with Gasteiger partial charge in [-0.1, -0.05) is 114 Å². The molecule has 2 amide bonds. The quantitative estimate of drug-likeness (QED) is 0.155. The molecule has 5 nitrogen and oxygen atoms in total. The van der Waals surface area contributed by atoms with E-state index in [0.29, 0.717) is 17.5 Å². The van der Waals surface area contributed by atoms with Gasteiger partial charge in [-0.25, -0.2) is 5.43 Å². The molecule has 0 unspecified atom stereocenters. The summed E-state index contributed by atoms with van der Waals surface area (Å²) in [7, 11) is 0. The molecule has 0 fully saturated rings. The maximum absolute atomic E-state index is 12.4. The Hall–Kier alpha value is -2.66. The monoisotopic (exact) mass is 479 g/mol. The van der Waals surface area contributed by atoms with Crippen molar-refractivity contribution in [1.29, 1.82) is 0 Å². The fourth-order valence-corrected chi connectivity index (χ4v) is 4.35. The number of carbonyl (C=O) groups excluding carboxylic acids is 2. The third-order valence-electron chi connectivity index (χ3n) is 6.50. The van der Waals surface area contributed by atoms with Crippen molar-refractivity contribution in [3.63, 3.8) is 0 Å². The van der Waals surface area contributed by atoms with Crippen LogP contribution in [0.25, 0.3) is 0 Å². The molecule has 0 radical (unpaired) electrons. The number of amides is 2. The van der Waals surface area contributed by atoms with Gasteiger partial charge < -0.3 is 5.73 Å². The minimum atomic E-state index is -0.425. The van der Waals surface area contributed by atoms with Crippen molar-refractivity contribution < 1.29 is 9.59 Å². The Labute approximate surface area is 212 Å². The van der Waals surface area contributed by atoms with Gasteiger partial charge in [-0.05, 0) is 42.2 Å². The molecule has 0 heterocycles. The molecule has 0 spiro atoms. The first-order chi connectivity index (χ1) is 17.1. The van der Waals surface area contributed by atoms with Gasteiger partial charge in [-0.15, -0.1) is 0 Å². The summed E-state index contributed by atoms with van der Waals surface area (Å²) in [5, 5.41) is 0. The van der Waals surface area contributed by atoms with E-state index in [1.807, 2.05) is 42.5 Å². The van der Waals surface area contributed by atoms with Gasteiger partial charge in [0.2, 0.25) is 5.91 Å². The standard InChI is InChI=1S/C30H45N3O2/c1-2-3-4-5-6-7-8-9-10-11-12-13-16-23-32-33-30(35)26-21-19-25(20-22-26)24-27-17-14-15-18-28(27)29(31)34/h14-15,17-22,32H,2-13,16,23-24H2,1H3,(H2,31,34)(H,33,35). The number of primary amides is 1. The van der Waals surface area contributed by atoms with Gasteiger partial charge in [0.1, 0.15) is 0 Å². The molecule has 0 aliphatic carbocycles. The highest BCUT2D eigenvalue weighted by molar-refractivity contribution is 5.95. The molecule has 5 heteroatoms. The SMILES string of the molecule is CCCCCCCCCCCCCCCNNC(=O)c1ccc(Cc2ccccc2C(N)=O)cc1. The highest BCUT2D eigenvalue weighted by Gasteiger charge is 2.09. The van der Waals surface area contributed by atoms with Crippen molar-refractivity contribution >= 4 is 11.8 Å². The number of nitrogens with two attached hydrogens (primary N) is 1. The molecular formula is C30H45N3O2. The van der Waals surface area contributed by atoms with Crippen LogP contribution in [0.15, 0.2) is 48.5 Å². The maximum Gasteiger partial charge on any atom is 0.265 e. The Morgan fingerprint density at radius 2 is 1.26 bits per heavy atom. The minimum Gasteiger partial charge on any atom is -0.366 e. The van der Waals surface area contributed by atoms with Gasteiger partial charge in [0.15, 0.2) is 0 Å². The third-order valence-corrected chi connectivity index (χ3v) is 6.50. The van der Waals surface area contributed by atoms with E-state index in [1.54, 1.807) is 6.07 Å². The van der Waals surface area contributed by atoms with Gasteiger partial charge in [0, 0.05) is 17.7 Å². The molecule has 35 heavy (non-hydrogen) atoms. The second-order valence-corrected chi connectivity index (χ2v) is 9.52. The summed E-state index contributed by atoms with van der Waals surface area (Å²) in [5.74, 6) is -0.560. The molecule has 0 saturated heterocycles. The van der Waals surface area contributed by atoms with Crippen LogP contribution in [-0.2, 0) is 6.42 Å². The molecule has 2 aromatic rings. The average molecular weight is 480 g/mol. The van der Waals surface area contributed by atoms with E-state index in [2.05, 4.69) is 17.8 Å². The van der Waals surface area contributed by atoms with Crippen LogP contribution in [-0.4, -0.2) is 18.4 Å². The number of unbranched alkanes of at least 4 members (excludes halogenated alkanes) is 12. The lowest BCUT2D eigenvalue weighted by Crippen LogP contribution is -2.37. The fourth-order valence-electron chi connectivity index (χ4n) is 4.35. The Morgan fingerprint density at radius 1 is 0.714 bits per heavy atom. The zero-order valence-corrected chi connectivity index (χ0v) is 21.6.